The van der Waals surface area contributed by atoms with Gasteiger partial charge in [-0.2, -0.15) is 0 Å². The van der Waals surface area contributed by atoms with E-state index in [1.165, 1.54) is 11.8 Å². The fourth-order valence-electron chi connectivity index (χ4n) is 3.81. The molecule has 0 aliphatic heterocycles. The van der Waals surface area contributed by atoms with E-state index in [1.807, 2.05) is 24.3 Å². The van der Waals surface area contributed by atoms with Crippen LogP contribution in [0.25, 0.3) is 11.0 Å². The van der Waals surface area contributed by atoms with Gasteiger partial charge in [0.2, 0.25) is 5.91 Å². The van der Waals surface area contributed by atoms with E-state index in [0.29, 0.717) is 28.8 Å². The fourth-order valence-corrected chi connectivity index (χ4v) is 4.78. The number of ether oxygens (including phenoxy) is 1. The average molecular weight is 468 g/mol. The second-order valence-corrected chi connectivity index (χ2v) is 9.84. The summed E-state index contributed by atoms with van der Waals surface area (Å²) in [6.07, 6.45) is 3.74. The molecule has 2 heterocycles. The Hall–Kier alpha value is -3.14. The van der Waals surface area contributed by atoms with Crippen molar-refractivity contribution in [3.8, 4) is 5.75 Å². The van der Waals surface area contributed by atoms with E-state index in [-0.39, 0.29) is 23.3 Å². The van der Waals surface area contributed by atoms with Crippen molar-refractivity contribution in [2.45, 2.75) is 61.4 Å². The first-order valence-corrected chi connectivity index (χ1v) is 12.0. The molecule has 2 aliphatic carbocycles. The van der Waals surface area contributed by atoms with Gasteiger partial charge in [-0.3, -0.25) is 19.1 Å². The quantitative estimate of drug-likeness (QED) is 0.386. The lowest BCUT2D eigenvalue weighted by Crippen LogP contribution is -2.32. The lowest BCUT2D eigenvalue weighted by Gasteiger charge is -2.15. The molecule has 2 fully saturated rings. The highest BCUT2D eigenvalue weighted by Crippen LogP contribution is 2.41. The number of nitrogens with one attached hydrogen (secondary N) is 2. The zero-order chi connectivity index (χ0) is 23.1. The zero-order valence-electron chi connectivity index (χ0n) is 18.5. The monoisotopic (exact) mass is 467 g/mol. The molecule has 3 aromatic rings. The molecule has 9 nitrogen and oxygen atoms in total. The van der Waals surface area contributed by atoms with Crippen molar-refractivity contribution in [3.63, 3.8) is 0 Å². The summed E-state index contributed by atoms with van der Waals surface area (Å²) in [4.78, 5) is 49.8. The minimum Gasteiger partial charge on any atom is -0.496 e. The number of aromatic amines is 1. The van der Waals surface area contributed by atoms with Gasteiger partial charge in [0.15, 0.2) is 5.65 Å². The van der Waals surface area contributed by atoms with Gasteiger partial charge in [-0.1, -0.05) is 30.0 Å². The molecule has 2 aliphatic rings. The summed E-state index contributed by atoms with van der Waals surface area (Å²) in [6, 6.07) is 7.56. The molecule has 33 heavy (non-hydrogen) atoms. The molecule has 2 aromatic heterocycles. The maximum atomic E-state index is 12.9. The number of rotatable bonds is 8. The molecule has 172 valence electrons. The SMILES string of the molecule is COc1ccccc1CNC(=O)C(C)Sc1nc(C2CC2)nc2c1c(=O)[nH]c(=O)n2C1CC1. The Morgan fingerprint density at radius 1 is 1.24 bits per heavy atom. The molecular formula is C23H25N5O4S. The van der Waals surface area contributed by atoms with E-state index < -0.39 is 16.5 Å². The molecule has 5 rings (SSSR count). The first kappa shape index (κ1) is 21.7. The van der Waals surface area contributed by atoms with E-state index in [1.54, 1.807) is 18.6 Å². The molecule has 0 bridgehead atoms. The van der Waals surface area contributed by atoms with Crippen molar-refractivity contribution in [2.75, 3.05) is 7.11 Å². The Balaban J connectivity index is 1.44. The average Bonchev–Trinajstić information content (AvgIpc) is 3.70. The Kier molecular flexibility index (Phi) is 5.69. The Bertz CT molecular complexity index is 1340. The van der Waals surface area contributed by atoms with Crippen LogP contribution in [0.5, 0.6) is 5.75 Å². The zero-order valence-corrected chi connectivity index (χ0v) is 19.3. The molecule has 1 atom stereocenters. The van der Waals surface area contributed by atoms with E-state index in [9.17, 15) is 14.4 Å². The second kappa shape index (κ2) is 8.66. The van der Waals surface area contributed by atoms with Crippen molar-refractivity contribution in [3.05, 3.63) is 56.5 Å². The number of aromatic nitrogens is 4. The first-order valence-electron chi connectivity index (χ1n) is 11.1. The standard InChI is InChI=1S/C23H25N5O4S/c1-12(20(29)24-11-14-5-3-4-6-16(14)32-2)33-22-17-19(25-18(26-22)13-7-8-13)28(15-9-10-15)23(31)27-21(17)30/h3-6,12-13,15H,7-11H2,1-2H3,(H,24,29)(H,27,30,31). The van der Waals surface area contributed by atoms with Gasteiger partial charge < -0.3 is 10.1 Å². The Labute approximate surface area is 194 Å². The van der Waals surface area contributed by atoms with Crippen LogP contribution in [-0.2, 0) is 11.3 Å². The Morgan fingerprint density at radius 3 is 2.70 bits per heavy atom. The molecule has 10 heteroatoms. The number of thioether (sulfide) groups is 1. The summed E-state index contributed by atoms with van der Waals surface area (Å²) in [5, 5.41) is 3.14. The summed E-state index contributed by atoms with van der Waals surface area (Å²) in [5.74, 6) is 1.41. The maximum absolute atomic E-state index is 12.9. The van der Waals surface area contributed by atoms with Crippen molar-refractivity contribution >= 4 is 28.7 Å². The number of methoxy groups -OCH3 is 1. The number of benzene rings is 1. The smallest absolute Gasteiger partial charge is 0.330 e. The minimum absolute atomic E-state index is 0.0539. The van der Waals surface area contributed by atoms with Gasteiger partial charge in [-0.25, -0.2) is 14.8 Å². The van der Waals surface area contributed by atoms with E-state index in [4.69, 9.17) is 4.74 Å². The number of amides is 1. The number of carbonyl (C=O) groups excluding carboxylic acids is 1. The summed E-state index contributed by atoms with van der Waals surface area (Å²) in [7, 11) is 1.59. The van der Waals surface area contributed by atoms with Crippen LogP contribution in [0.1, 0.15) is 56.0 Å². The van der Waals surface area contributed by atoms with Crippen molar-refractivity contribution in [2.24, 2.45) is 0 Å². The van der Waals surface area contributed by atoms with Gasteiger partial charge in [0.1, 0.15) is 22.0 Å². The van der Waals surface area contributed by atoms with Gasteiger partial charge in [0.25, 0.3) is 5.56 Å². The van der Waals surface area contributed by atoms with Crippen LogP contribution in [0.15, 0.2) is 38.9 Å². The second-order valence-electron chi connectivity index (χ2n) is 8.51. The molecule has 2 N–H and O–H groups in total. The van der Waals surface area contributed by atoms with Gasteiger partial charge in [0, 0.05) is 24.1 Å². The van der Waals surface area contributed by atoms with Crippen molar-refractivity contribution in [1.29, 1.82) is 0 Å². The van der Waals surface area contributed by atoms with Gasteiger partial charge >= 0.3 is 5.69 Å². The van der Waals surface area contributed by atoms with E-state index >= 15 is 0 Å². The minimum atomic E-state index is -0.515. The molecule has 0 saturated heterocycles. The summed E-state index contributed by atoms with van der Waals surface area (Å²) in [5.41, 5.74) is 0.304. The third-order valence-corrected chi connectivity index (χ3v) is 7.01. The van der Waals surface area contributed by atoms with Crippen molar-refractivity contribution < 1.29 is 9.53 Å². The molecular weight excluding hydrogens is 442 g/mol. The predicted octanol–water partition coefficient (Wildman–Crippen LogP) is 2.50. The number of nitrogens with zero attached hydrogens (tertiary/aromatic N) is 3. The number of H-pyrrole nitrogens is 1. The first-order chi connectivity index (χ1) is 16.0. The highest BCUT2D eigenvalue weighted by molar-refractivity contribution is 8.00. The summed E-state index contributed by atoms with van der Waals surface area (Å²) in [6.45, 7) is 2.10. The van der Waals surface area contributed by atoms with Gasteiger partial charge in [-0.05, 0) is 38.7 Å². The van der Waals surface area contributed by atoms with Crippen LogP contribution in [-0.4, -0.2) is 37.8 Å². The third-order valence-electron chi connectivity index (χ3n) is 5.93. The lowest BCUT2D eigenvalue weighted by atomic mass is 10.2. The van der Waals surface area contributed by atoms with Crippen LogP contribution in [0.2, 0.25) is 0 Å². The highest BCUT2D eigenvalue weighted by atomic mass is 32.2. The largest absolute Gasteiger partial charge is 0.496 e. The molecule has 1 unspecified atom stereocenters. The third kappa shape index (κ3) is 4.39. The van der Waals surface area contributed by atoms with Crippen LogP contribution < -0.4 is 21.3 Å². The lowest BCUT2D eigenvalue weighted by molar-refractivity contribution is -0.120. The number of fused-ring (bicyclic) bond motifs is 1. The molecule has 1 aromatic carbocycles. The highest BCUT2D eigenvalue weighted by Gasteiger charge is 2.33. The van der Waals surface area contributed by atoms with E-state index in [2.05, 4.69) is 20.3 Å². The number of hydrogen-bond acceptors (Lipinski definition) is 7. The van der Waals surface area contributed by atoms with Crippen LogP contribution in [0, 0.1) is 0 Å². The number of carbonyl (C=O) groups is 1. The molecule has 1 amide bonds. The van der Waals surface area contributed by atoms with Crippen LogP contribution in [0.4, 0.5) is 0 Å². The van der Waals surface area contributed by atoms with E-state index in [0.717, 1.165) is 31.2 Å². The van der Waals surface area contributed by atoms with Crippen molar-refractivity contribution in [1.82, 2.24) is 24.8 Å². The fraction of sp³-hybridized carbons (Fsp3) is 0.435. The predicted molar refractivity (Wildman–Crippen MR) is 125 cm³/mol. The Morgan fingerprint density at radius 2 is 2.00 bits per heavy atom. The molecule has 2 saturated carbocycles. The van der Waals surface area contributed by atoms with Gasteiger partial charge in [-0.15, -0.1) is 0 Å². The normalized spacial score (nSPS) is 16.5. The van der Waals surface area contributed by atoms with Crippen LogP contribution >= 0.6 is 11.8 Å². The number of hydrogen-bond donors (Lipinski definition) is 2. The molecule has 0 radical (unpaired) electrons. The molecule has 0 spiro atoms. The topological polar surface area (TPSA) is 119 Å². The number of para-hydroxylation sites is 1. The maximum Gasteiger partial charge on any atom is 0.330 e. The van der Waals surface area contributed by atoms with Gasteiger partial charge in [0.05, 0.1) is 12.4 Å². The summed E-state index contributed by atoms with van der Waals surface area (Å²) >= 11 is 1.22. The summed E-state index contributed by atoms with van der Waals surface area (Å²) < 4.78 is 6.93. The van der Waals surface area contributed by atoms with Crippen LogP contribution in [0.3, 0.4) is 0 Å².